The largest absolute Gasteiger partial charge is 0.494 e. The van der Waals surface area contributed by atoms with Crippen LogP contribution in [0.4, 0.5) is 11.4 Å². The van der Waals surface area contributed by atoms with Gasteiger partial charge in [-0.1, -0.05) is 29.8 Å². The third-order valence-corrected chi connectivity index (χ3v) is 7.23. The SMILES string of the molecule is CCOC(=O)CNCCCOc1ccc(C(=O)N2c3ccccc3[C@H](N(C(C)=O)c3ccc(Cl)cc3)C[C@@H]2C)cc1. The van der Waals surface area contributed by atoms with E-state index in [1.807, 2.05) is 48.2 Å². The smallest absolute Gasteiger partial charge is 0.319 e. The minimum atomic E-state index is -0.271. The lowest BCUT2D eigenvalue weighted by molar-refractivity contribution is -0.142. The Morgan fingerprint density at radius 1 is 1.02 bits per heavy atom. The van der Waals surface area contributed by atoms with E-state index >= 15 is 0 Å². The number of rotatable bonds is 11. The quantitative estimate of drug-likeness (QED) is 0.229. The Bertz CT molecular complexity index is 1350. The van der Waals surface area contributed by atoms with Gasteiger partial charge in [0, 0.05) is 34.9 Å². The van der Waals surface area contributed by atoms with E-state index in [1.165, 1.54) is 0 Å². The van der Waals surface area contributed by atoms with Crippen molar-refractivity contribution in [1.82, 2.24) is 5.32 Å². The average Bonchev–Trinajstić information content (AvgIpc) is 2.96. The van der Waals surface area contributed by atoms with Crippen molar-refractivity contribution in [3.05, 3.63) is 88.9 Å². The topological polar surface area (TPSA) is 88.2 Å². The van der Waals surface area contributed by atoms with Crippen LogP contribution in [0.5, 0.6) is 5.75 Å². The van der Waals surface area contributed by atoms with Gasteiger partial charge in [0.2, 0.25) is 5.91 Å². The predicted octanol–water partition coefficient (Wildman–Crippen LogP) is 5.79. The Morgan fingerprint density at radius 3 is 2.41 bits per heavy atom. The second-order valence-electron chi connectivity index (χ2n) is 9.91. The summed E-state index contributed by atoms with van der Waals surface area (Å²) >= 11 is 6.10. The number of carbonyl (C=O) groups is 3. The molecule has 41 heavy (non-hydrogen) atoms. The Kier molecular flexibility index (Phi) is 10.4. The van der Waals surface area contributed by atoms with Gasteiger partial charge in [-0.3, -0.25) is 14.4 Å². The summed E-state index contributed by atoms with van der Waals surface area (Å²) in [7, 11) is 0. The Labute approximate surface area is 246 Å². The Hall–Kier alpha value is -3.88. The van der Waals surface area contributed by atoms with Crippen LogP contribution in [0.2, 0.25) is 5.02 Å². The van der Waals surface area contributed by atoms with E-state index < -0.39 is 0 Å². The lowest BCUT2D eigenvalue weighted by Crippen LogP contribution is -2.47. The standard InChI is InChI=1S/C32H36ClN3O5/c1-4-40-31(38)21-34-18-7-19-41-27-16-10-24(11-17-27)32(39)35-22(2)20-30(28-8-5-6-9-29(28)35)36(23(3)37)26-14-12-25(33)13-15-26/h5-6,8-17,22,30,34H,4,7,18-21H2,1-3H3/t22-,30+/m0/s1. The summed E-state index contributed by atoms with van der Waals surface area (Å²) in [6.07, 6.45) is 1.30. The van der Waals surface area contributed by atoms with Gasteiger partial charge in [-0.05, 0) is 93.4 Å². The maximum absolute atomic E-state index is 13.8. The van der Waals surface area contributed by atoms with Crippen molar-refractivity contribution in [3.8, 4) is 5.75 Å². The zero-order valence-corrected chi connectivity index (χ0v) is 24.4. The van der Waals surface area contributed by atoms with E-state index in [1.54, 1.807) is 55.1 Å². The molecule has 0 radical (unpaired) electrons. The van der Waals surface area contributed by atoms with E-state index in [4.69, 9.17) is 21.1 Å². The lowest BCUT2D eigenvalue weighted by atomic mass is 9.89. The van der Waals surface area contributed by atoms with Gasteiger partial charge in [0.1, 0.15) is 5.75 Å². The van der Waals surface area contributed by atoms with Crippen LogP contribution in [0.1, 0.15) is 55.6 Å². The summed E-state index contributed by atoms with van der Waals surface area (Å²) in [4.78, 5) is 41.6. The van der Waals surface area contributed by atoms with Gasteiger partial charge in [0.05, 0.1) is 25.8 Å². The fourth-order valence-electron chi connectivity index (χ4n) is 5.14. The van der Waals surface area contributed by atoms with Crippen molar-refractivity contribution < 1.29 is 23.9 Å². The highest BCUT2D eigenvalue weighted by Gasteiger charge is 2.38. The van der Waals surface area contributed by atoms with Crippen molar-refractivity contribution in [2.45, 2.75) is 45.7 Å². The monoisotopic (exact) mass is 577 g/mol. The van der Waals surface area contributed by atoms with Crippen LogP contribution in [-0.2, 0) is 14.3 Å². The minimum Gasteiger partial charge on any atom is -0.494 e. The van der Waals surface area contributed by atoms with Crippen LogP contribution >= 0.6 is 11.6 Å². The van der Waals surface area contributed by atoms with E-state index in [2.05, 4.69) is 5.32 Å². The number of para-hydroxylation sites is 1. The molecule has 0 unspecified atom stereocenters. The van der Waals surface area contributed by atoms with Gasteiger partial charge in [0.25, 0.3) is 5.91 Å². The molecule has 0 saturated carbocycles. The van der Waals surface area contributed by atoms with Crippen molar-refractivity contribution >= 4 is 40.8 Å². The second kappa shape index (κ2) is 14.1. The molecule has 1 N–H and O–H groups in total. The number of esters is 1. The van der Waals surface area contributed by atoms with E-state index in [9.17, 15) is 14.4 Å². The first-order chi connectivity index (χ1) is 19.8. The van der Waals surface area contributed by atoms with Gasteiger partial charge in [-0.25, -0.2) is 0 Å². The molecule has 2 amide bonds. The molecule has 0 aliphatic carbocycles. The lowest BCUT2D eigenvalue weighted by Gasteiger charge is -2.43. The summed E-state index contributed by atoms with van der Waals surface area (Å²) < 4.78 is 10.7. The number of carbonyl (C=O) groups excluding carboxylic acids is 3. The normalized spacial score (nSPS) is 16.0. The first-order valence-corrected chi connectivity index (χ1v) is 14.2. The molecule has 1 heterocycles. The number of anilines is 2. The highest BCUT2D eigenvalue weighted by molar-refractivity contribution is 6.30. The molecule has 3 aromatic rings. The van der Waals surface area contributed by atoms with Crippen LogP contribution in [0.15, 0.2) is 72.8 Å². The minimum absolute atomic E-state index is 0.0792. The molecule has 0 aromatic heterocycles. The van der Waals surface area contributed by atoms with Crippen LogP contribution in [-0.4, -0.2) is 50.1 Å². The summed E-state index contributed by atoms with van der Waals surface area (Å²) in [5.41, 5.74) is 3.02. The number of nitrogens with one attached hydrogen (secondary N) is 1. The number of halogens is 1. The molecule has 4 rings (SSSR count). The van der Waals surface area contributed by atoms with Gasteiger partial charge >= 0.3 is 5.97 Å². The molecule has 0 fully saturated rings. The van der Waals surface area contributed by atoms with Crippen LogP contribution in [0, 0.1) is 0 Å². The zero-order valence-electron chi connectivity index (χ0n) is 23.6. The first kappa shape index (κ1) is 30.1. The fourth-order valence-corrected chi connectivity index (χ4v) is 5.27. The molecule has 1 aliphatic rings. The van der Waals surface area contributed by atoms with Gasteiger partial charge in [0.15, 0.2) is 0 Å². The third kappa shape index (κ3) is 7.45. The van der Waals surface area contributed by atoms with Crippen LogP contribution in [0.25, 0.3) is 0 Å². The highest BCUT2D eigenvalue weighted by Crippen LogP contribution is 2.43. The molecule has 0 saturated heterocycles. The number of fused-ring (bicyclic) bond motifs is 1. The number of benzene rings is 3. The van der Waals surface area contributed by atoms with Gasteiger partial charge < -0.3 is 24.6 Å². The average molecular weight is 578 g/mol. The van der Waals surface area contributed by atoms with Crippen LogP contribution < -0.4 is 19.9 Å². The summed E-state index contributed by atoms with van der Waals surface area (Å²) in [6, 6.07) is 21.7. The maximum Gasteiger partial charge on any atom is 0.319 e. The number of hydrogen-bond acceptors (Lipinski definition) is 6. The highest BCUT2D eigenvalue weighted by atomic mass is 35.5. The van der Waals surface area contributed by atoms with E-state index in [-0.39, 0.29) is 36.4 Å². The molecule has 216 valence electrons. The van der Waals surface area contributed by atoms with Gasteiger partial charge in [-0.15, -0.1) is 0 Å². The molecule has 0 spiro atoms. The molecular weight excluding hydrogens is 542 g/mol. The molecule has 0 bridgehead atoms. The number of amides is 2. The van der Waals surface area contributed by atoms with Crippen molar-refractivity contribution in [2.24, 2.45) is 0 Å². The number of hydrogen-bond donors (Lipinski definition) is 1. The van der Waals surface area contributed by atoms with E-state index in [0.29, 0.717) is 42.5 Å². The molecule has 2 atom stereocenters. The molecule has 1 aliphatic heterocycles. The second-order valence-corrected chi connectivity index (χ2v) is 10.3. The molecular formula is C32H36ClN3O5. The summed E-state index contributed by atoms with van der Waals surface area (Å²) in [5.74, 6) is 0.204. The maximum atomic E-state index is 13.8. The number of ether oxygens (including phenoxy) is 2. The third-order valence-electron chi connectivity index (χ3n) is 6.98. The predicted molar refractivity (Wildman–Crippen MR) is 161 cm³/mol. The molecule has 3 aromatic carbocycles. The Morgan fingerprint density at radius 2 is 1.73 bits per heavy atom. The van der Waals surface area contributed by atoms with Crippen LogP contribution in [0.3, 0.4) is 0 Å². The van der Waals surface area contributed by atoms with Crippen molar-refractivity contribution in [2.75, 3.05) is 36.1 Å². The van der Waals surface area contributed by atoms with Gasteiger partial charge in [-0.2, -0.15) is 0 Å². The van der Waals surface area contributed by atoms with E-state index in [0.717, 1.165) is 23.4 Å². The summed E-state index contributed by atoms with van der Waals surface area (Å²) in [5, 5.41) is 3.63. The molecule has 9 heteroatoms. The first-order valence-electron chi connectivity index (χ1n) is 13.9. The van der Waals surface area contributed by atoms with Crippen molar-refractivity contribution in [3.63, 3.8) is 0 Å². The Balaban J connectivity index is 1.44. The summed E-state index contributed by atoms with van der Waals surface area (Å²) in [6.45, 7) is 6.99. The number of nitrogens with zero attached hydrogens (tertiary/aromatic N) is 2. The zero-order chi connectivity index (χ0) is 29.4. The fraction of sp³-hybridized carbons (Fsp3) is 0.344. The molecule has 8 nitrogen and oxygen atoms in total. The van der Waals surface area contributed by atoms with Crippen molar-refractivity contribution in [1.29, 1.82) is 0 Å².